The Morgan fingerprint density at radius 1 is 1.33 bits per heavy atom. The maximum Gasteiger partial charge on any atom is 0.137 e. The minimum atomic E-state index is 0.678. The lowest BCUT2D eigenvalue weighted by Crippen LogP contribution is -1.97. The molecule has 12 heavy (non-hydrogen) atoms. The van der Waals surface area contributed by atoms with E-state index >= 15 is 0 Å². The lowest BCUT2D eigenvalue weighted by atomic mass is 10.2. The normalized spacial score (nSPS) is 10.0. The molecule has 1 rings (SSSR count). The van der Waals surface area contributed by atoms with E-state index in [-0.39, 0.29) is 0 Å². The van der Waals surface area contributed by atoms with Gasteiger partial charge < -0.3 is 4.79 Å². The molecule has 0 aliphatic carbocycles. The summed E-state index contributed by atoms with van der Waals surface area (Å²) in [7, 11) is 0. The van der Waals surface area contributed by atoms with Crippen LogP contribution in [-0.4, -0.2) is 21.1 Å². The Morgan fingerprint density at radius 2 is 2.25 bits per heavy atom. The van der Waals surface area contributed by atoms with Crippen LogP contribution in [0.2, 0.25) is 0 Å². The summed E-state index contributed by atoms with van der Waals surface area (Å²) in [5.74, 6) is 0. The van der Waals surface area contributed by atoms with Crippen LogP contribution in [0.5, 0.6) is 0 Å². The van der Waals surface area contributed by atoms with Gasteiger partial charge in [0.1, 0.15) is 18.9 Å². The minimum absolute atomic E-state index is 0.678. The van der Waals surface area contributed by atoms with Gasteiger partial charge in [0.25, 0.3) is 0 Å². The quantitative estimate of drug-likeness (QED) is 0.469. The number of aromatic nitrogens is 3. The summed E-state index contributed by atoms with van der Waals surface area (Å²) in [5.41, 5.74) is 0. The number of carbonyl (C=O) groups excluding carboxylic acids is 1. The summed E-state index contributed by atoms with van der Waals surface area (Å²) in [6.45, 7) is 0.902. The van der Waals surface area contributed by atoms with Gasteiger partial charge in [-0.3, -0.25) is 4.68 Å². The molecule has 0 bridgehead atoms. The number of aldehydes is 1. The molecule has 0 aliphatic rings. The molecule has 0 N–H and O–H groups in total. The number of rotatable bonds is 6. The summed E-state index contributed by atoms with van der Waals surface area (Å²) < 4.78 is 1.81. The topological polar surface area (TPSA) is 47.8 Å². The fourth-order valence-corrected chi connectivity index (χ4v) is 1.03. The number of unbranched alkanes of at least 4 members (excludes halogenated alkanes) is 3. The van der Waals surface area contributed by atoms with Crippen LogP contribution in [-0.2, 0) is 11.3 Å². The van der Waals surface area contributed by atoms with Gasteiger partial charge in [0.05, 0.1) is 0 Å². The van der Waals surface area contributed by atoms with Gasteiger partial charge in [0.2, 0.25) is 0 Å². The van der Waals surface area contributed by atoms with Crippen molar-refractivity contribution in [1.29, 1.82) is 0 Å². The molecule has 66 valence electrons. The predicted octanol–water partition coefficient (Wildman–Crippen LogP) is 1.04. The minimum Gasteiger partial charge on any atom is -0.303 e. The molecule has 0 fully saturated rings. The smallest absolute Gasteiger partial charge is 0.137 e. The van der Waals surface area contributed by atoms with E-state index in [9.17, 15) is 4.79 Å². The number of aryl methyl sites for hydroxylation is 1. The Balaban J connectivity index is 2.00. The van der Waals surface area contributed by atoms with E-state index in [2.05, 4.69) is 10.1 Å². The van der Waals surface area contributed by atoms with Crippen molar-refractivity contribution in [3.63, 3.8) is 0 Å². The molecule has 0 spiro atoms. The third-order valence-electron chi connectivity index (χ3n) is 1.68. The van der Waals surface area contributed by atoms with Crippen LogP contribution >= 0.6 is 0 Å². The van der Waals surface area contributed by atoms with Crippen LogP contribution in [0.3, 0.4) is 0 Å². The zero-order valence-electron chi connectivity index (χ0n) is 7.02. The maximum atomic E-state index is 9.97. The predicted molar refractivity (Wildman–Crippen MR) is 44.6 cm³/mol. The van der Waals surface area contributed by atoms with E-state index in [1.807, 2.05) is 0 Å². The van der Waals surface area contributed by atoms with Crippen molar-refractivity contribution in [2.24, 2.45) is 0 Å². The van der Waals surface area contributed by atoms with Crippen LogP contribution < -0.4 is 0 Å². The van der Waals surface area contributed by atoms with E-state index in [1.54, 1.807) is 11.0 Å². The number of nitrogens with zero attached hydrogens (tertiary/aromatic N) is 3. The molecular formula is C8H13N3O. The summed E-state index contributed by atoms with van der Waals surface area (Å²) in [6.07, 6.45) is 8.02. The zero-order valence-corrected chi connectivity index (χ0v) is 7.02. The highest BCUT2D eigenvalue weighted by atomic mass is 16.1. The first kappa shape index (κ1) is 8.90. The van der Waals surface area contributed by atoms with Gasteiger partial charge in [0, 0.05) is 13.0 Å². The third-order valence-corrected chi connectivity index (χ3v) is 1.68. The molecule has 0 atom stereocenters. The molecule has 0 aromatic carbocycles. The molecule has 0 amide bonds. The SMILES string of the molecule is O=CCCCCCn1cncn1. The van der Waals surface area contributed by atoms with Crippen molar-refractivity contribution < 1.29 is 4.79 Å². The van der Waals surface area contributed by atoms with Gasteiger partial charge >= 0.3 is 0 Å². The fourth-order valence-electron chi connectivity index (χ4n) is 1.03. The molecule has 0 saturated heterocycles. The zero-order chi connectivity index (χ0) is 8.65. The standard InChI is InChI=1S/C8H13N3O/c12-6-4-2-1-3-5-11-8-9-7-10-11/h6-8H,1-5H2. The van der Waals surface area contributed by atoms with Gasteiger partial charge in [-0.1, -0.05) is 6.42 Å². The fraction of sp³-hybridized carbons (Fsp3) is 0.625. The summed E-state index contributed by atoms with van der Waals surface area (Å²) in [5, 5.41) is 3.97. The Kier molecular flexibility index (Phi) is 4.05. The maximum absolute atomic E-state index is 9.97. The summed E-state index contributed by atoms with van der Waals surface area (Å²) in [4.78, 5) is 13.8. The van der Waals surface area contributed by atoms with Crippen LogP contribution in [0.1, 0.15) is 25.7 Å². The van der Waals surface area contributed by atoms with Crippen LogP contribution in [0.4, 0.5) is 0 Å². The lowest BCUT2D eigenvalue weighted by molar-refractivity contribution is -0.107. The van der Waals surface area contributed by atoms with E-state index in [1.165, 1.54) is 6.33 Å². The summed E-state index contributed by atoms with van der Waals surface area (Å²) in [6, 6.07) is 0. The van der Waals surface area contributed by atoms with Crippen molar-refractivity contribution >= 4 is 6.29 Å². The second-order valence-corrected chi connectivity index (χ2v) is 2.67. The van der Waals surface area contributed by atoms with E-state index in [0.29, 0.717) is 6.42 Å². The lowest BCUT2D eigenvalue weighted by Gasteiger charge is -1.98. The molecule has 0 aliphatic heterocycles. The molecule has 1 heterocycles. The largest absolute Gasteiger partial charge is 0.303 e. The van der Waals surface area contributed by atoms with Gasteiger partial charge in [-0.05, 0) is 12.8 Å². The van der Waals surface area contributed by atoms with Crippen molar-refractivity contribution in [2.75, 3.05) is 0 Å². The molecule has 1 aromatic heterocycles. The molecule has 0 unspecified atom stereocenters. The van der Waals surface area contributed by atoms with Crippen LogP contribution in [0.25, 0.3) is 0 Å². The van der Waals surface area contributed by atoms with Crippen molar-refractivity contribution in [3.8, 4) is 0 Å². The van der Waals surface area contributed by atoms with Crippen molar-refractivity contribution in [3.05, 3.63) is 12.7 Å². The highest BCUT2D eigenvalue weighted by molar-refractivity contribution is 5.48. The van der Waals surface area contributed by atoms with Crippen LogP contribution in [0, 0.1) is 0 Å². The van der Waals surface area contributed by atoms with Crippen molar-refractivity contribution in [1.82, 2.24) is 14.8 Å². The van der Waals surface area contributed by atoms with E-state index < -0.39 is 0 Å². The Labute approximate surface area is 71.6 Å². The molecule has 1 aromatic rings. The Hall–Kier alpha value is -1.19. The average molecular weight is 167 g/mol. The van der Waals surface area contributed by atoms with Gasteiger partial charge in [-0.2, -0.15) is 5.10 Å². The molecule has 4 nitrogen and oxygen atoms in total. The van der Waals surface area contributed by atoms with E-state index in [0.717, 1.165) is 32.1 Å². The van der Waals surface area contributed by atoms with Gasteiger partial charge in [0.15, 0.2) is 0 Å². The van der Waals surface area contributed by atoms with E-state index in [4.69, 9.17) is 0 Å². The summed E-state index contributed by atoms with van der Waals surface area (Å²) >= 11 is 0. The molecule has 0 radical (unpaired) electrons. The first-order valence-corrected chi connectivity index (χ1v) is 4.19. The second-order valence-electron chi connectivity index (χ2n) is 2.67. The first-order valence-electron chi connectivity index (χ1n) is 4.19. The third kappa shape index (κ3) is 3.27. The average Bonchev–Trinajstić information content (AvgIpc) is 2.57. The van der Waals surface area contributed by atoms with Crippen molar-refractivity contribution in [2.45, 2.75) is 32.2 Å². The number of hydrogen-bond acceptors (Lipinski definition) is 3. The highest BCUT2D eigenvalue weighted by Gasteiger charge is 1.91. The van der Waals surface area contributed by atoms with Gasteiger partial charge in [-0.25, -0.2) is 4.98 Å². The monoisotopic (exact) mass is 167 g/mol. The van der Waals surface area contributed by atoms with Crippen LogP contribution in [0.15, 0.2) is 12.7 Å². The molecular weight excluding hydrogens is 154 g/mol. The Bertz CT molecular complexity index is 208. The second kappa shape index (κ2) is 5.46. The number of hydrogen-bond donors (Lipinski definition) is 0. The Morgan fingerprint density at radius 3 is 2.92 bits per heavy atom. The molecule has 4 heteroatoms. The number of carbonyl (C=O) groups is 1. The first-order chi connectivity index (χ1) is 5.93. The van der Waals surface area contributed by atoms with Gasteiger partial charge in [-0.15, -0.1) is 0 Å². The highest BCUT2D eigenvalue weighted by Crippen LogP contribution is 1.99. The molecule has 0 saturated carbocycles.